The summed E-state index contributed by atoms with van der Waals surface area (Å²) >= 11 is 13.8. The highest BCUT2D eigenvalue weighted by atomic mass is 35.5. The Morgan fingerprint density at radius 3 is 2.72 bits per heavy atom. The van der Waals surface area contributed by atoms with Crippen LogP contribution in [0, 0.1) is 6.92 Å². The number of carbonyl (C=O) groups is 1. The number of hydrazone groups is 1. The van der Waals surface area contributed by atoms with Crippen LogP contribution in [0.2, 0.25) is 10.0 Å². The first-order valence-corrected chi connectivity index (χ1v) is 9.38. The van der Waals surface area contributed by atoms with Crippen LogP contribution >= 0.6 is 34.5 Å². The lowest BCUT2D eigenvalue weighted by atomic mass is 10.1. The summed E-state index contributed by atoms with van der Waals surface area (Å²) in [7, 11) is 0. The maximum Gasteiger partial charge on any atom is 0.283 e. The fourth-order valence-corrected chi connectivity index (χ4v) is 4.20. The molecule has 128 valence electrons. The summed E-state index contributed by atoms with van der Waals surface area (Å²) < 4.78 is 0.990. The average Bonchev–Trinajstić information content (AvgIpc) is 2.91. The van der Waals surface area contributed by atoms with E-state index in [0.717, 1.165) is 26.9 Å². The summed E-state index contributed by atoms with van der Waals surface area (Å²) in [6.07, 6.45) is 0.667. The first-order chi connectivity index (χ1) is 12.0. The molecule has 1 N–H and O–H groups in total. The minimum atomic E-state index is -0.308. The number of carbonyl (C=O) groups excluding carboxylic acids is 1. The molecule has 2 aromatic carbocycles. The monoisotopic (exact) mass is 390 g/mol. The average molecular weight is 391 g/mol. The molecule has 0 unspecified atom stereocenters. The van der Waals surface area contributed by atoms with Crippen molar-refractivity contribution in [3.63, 3.8) is 0 Å². The van der Waals surface area contributed by atoms with Gasteiger partial charge in [0.2, 0.25) is 0 Å². The van der Waals surface area contributed by atoms with Gasteiger partial charge in [-0.05, 0) is 42.7 Å². The van der Waals surface area contributed by atoms with Crippen LogP contribution < -0.4 is 5.43 Å². The Balaban J connectivity index is 1.87. The predicted molar refractivity (Wildman–Crippen MR) is 107 cm³/mol. The molecule has 6 heteroatoms. The minimum Gasteiger partial charge on any atom is -0.266 e. The molecule has 0 spiro atoms. The standard InChI is InChI=1S/C19H16Cl2N2OS/c1-3-15(12-5-4-6-13(20)10-12)22-23-19(24)18-17(21)14-8-7-11(2)9-16(14)25-18/h4-10H,3H2,1-2H3,(H,23,24)/b22-15+. The molecule has 0 aliphatic rings. The van der Waals surface area contributed by atoms with Gasteiger partial charge in [-0.3, -0.25) is 4.79 Å². The zero-order valence-electron chi connectivity index (χ0n) is 13.8. The second-order valence-corrected chi connectivity index (χ2v) is 7.47. The van der Waals surface area contributed by atoms with Gasteiger partial charge < -0.3 is 0 Å². The second kappa shape index (κ2) is 7.56. The molecule has 0 aliphatic heterocycles. The molecule has 0 radical (unpaired) electrons. The summed E-state index contributed by atoms with van der Waals surface area (Å²) in [4.78, 5) is 13.0. The fraction of sp³-hybridized carbons (Fsp3) is 0.158. The molecular weight excluding hydrogens is 375 g/mol. The molecule has 0 bridgehead atoms. The SMILES string of the molecule is CC/C(=N\NC(=O)c1sc2cc(C)ccc2c1Cl)c1cccc(Cl)c1. The smallest absolute Gasteiger partial charge is 0.266 e. The number of benzene rings is 2. The molecule has 1 amide bonds. The topological polar surface area (TPSA) is 41.5 Å². The minimum absolute atomic E-state index is 0.308. The van der Waals surface area contributed by atoms with Gasteiger partial charge in [-0.2, -0.15) is 5.10 Å². The summed E-state index contributed by atoms with van der Waals surface area (Å²) in [5, 5.41) is 6.25. The second-order valence-electron chi connectivity index (χ2n) is 5.61. The Labute approximate surface area is 160 Å². The van der Waals surface area contributed by atoms with E-state index in [1.54, 1.807) is 6.07 Å². The molecule has 3 rings (SSSR count). The van der Waals surface area contributed by atoms with Crippen molar-refractivity contribution in [2.24, 2.45) is 5.10 Å². The summed E-state index contributed by atoms with van der Waals surface area (Å²) in [6, 6.07) is 13.3. The van der Waals surface area contributed by atoms with E-state index in [0.29, 0.717) is 21.3 Å². The Hall–Kier alpha value is -1.88. The summed E-state index contributed by atoms with van der Waals surface area (Å²) in [5.41, 5.74) is 5.38. The van der Waals surface area contributed by atoms with E-state index in [-0.39, 0.29) is 5.91 Å². The molecule has 0 aliphatic carbocycles. The number of aryl methyl sites for hydroxylation is 1. The van der Waals surface area contributed by atoms with Crippen LogP contribution in [-0.4, -0.2) is 11.6 Å². The normalized spacial score (nSPS) is 11.8. The number of hydrogen-bond donors (Lipinski definition) is 1. The Bertz CT molecular complexity index is 979. The van der Waals surface area contributed by atoms with Crippen molar-refractivity contribution in [2.75, 3.05) is 0 Å². The molecule has 1 heterocycles. The third-order valence-electron chi connectivity index (χ3n) is 3.78. The van der Waals surface area contributed by atoms with E-state index in [1.807, 2.05) is 50.2 Å². The molecule has 0 atom stereocenters. The fourth-order valence-electron chi connectivity index (χ4n) is 2.50. The summed E-state index contributed by atoms with van der Waals surface area (Å²) in [5.74, 6) is -0.308. The van der Waals surface area contributed by atoms with Crippen molar-refractivity contribution >= 4 is 56.2 Å². The van der Waals surface area contributed by atoms with Crippen molar-refractivity contribution in [2.45, 2.75) is 20.3 Å². The molecular formula is C19H16Cl2N2OS. The Morgan fingerprint density at radius 2 is 2.00 bits per heavy atom. The molecule has 1 aromatic heterocycles. The number of nitrogens with one attached hydrogen (secondary N) is 1. The highest BCUT2D eigenvalue weighted by molar-refractivity contribution is 7.21. The molecule has 3 aromatic rings. The maximum atomic E-state index is 12.5. The predicted octanol–water partition coefficient (Wildman–Crippen LogP) is 6.06. The van der Waals surface area contributed by atoms with Crippen LogP contribution in [0.4, 0.5) is 0 Å². The van der Waals surface area contributed by atoms with Crippen LogP contribution in [0.5, 0.6) is 0 Å². The molecule has 25 heavy (non-hydrogen) atoms. The lowest BCUT2D eigenvalue weighted by Gasteiger charge is -2.05. The molecule has 3 nitrogen and oxygen atoms in total. The lowest BCUT2D eigenvalue weighted by molar-refractivity contribution is 0.0959. The number of rotatable bonds is 4. The number of thiophene rings is 1. The van der Waals surface area contributed by atoms with Crippen LogP contribution in [0.15, 0.2) is 47.6 Å². The lowest BCUT2D eigenvalue weighted by Crippen LogP contribution is -2.19. The number of hydrogen-bond acceptors (Lipinski definition) is 3. The zero-order chi connectivity index (χ0) is 18.0. The van der Waals surface area contributed by atoms with Crippen LogP contribution in [0.1, 0.15) is 34.1 Å². The van der Waals surface area contributed by atoms with E-state index in [4.69, 9.17) is 23.2 Å². The third-order valence-corrected chi connectivity index (χ3v) is 5.67. The van der Waals surface area contributed by atoms with Crippen molar-refractivity contribution in [3.8, 4) is 0 Å². The first kappa shape index (κ1) is 17.9. The quantitative estimate of drug-likeness (QED) is 0.426. The Kier molecular flexibility index (Phi) is 5.42. The van der Waals surface area contributed by atoms with Crippen molar-refractivity contribution in [3.05, 3.63) is 68.5 Å². The highest BCUT2D eigenvalue weighted by Crippen LogP contribution is 2.35. The molecule has 0 saturated carbocycles. The molecule has 0 saturated heterocycles. The Morgan fingerprint density at radius 1 is 1.20 bits per heavy atom. The van der Waals surface area contributed by atoms with E-state index >= 15 is 0 Å². The number of amides is 1. The maximum absolute atomic E-state index is 12.5. The molecule has 0 fully saturated rings. The van der Waals surface area contributed by atoms with Gasteiger partial charge >= 0.3 is 0 Å². The van der Waals surface area contributed by atoms with Gasteiger partial charge in [0, 0.05) is 15.1 Å². The number of halogens is 2. The van der Waals surface area contributed by atoms with Gasteiger partial charge in [0.1, 0.15) is 4.88 Å². The van der Waals surface area contributed by atoms with Crippen molar-refractivity contribution in [1.29, 1.82) is 0 Å². The highest BCUT2D eigenvalue weighted by Gasteiger charge is 2.17. The van der Waals surface area contributed by atoms with Gasteiger partial charge in [-0.25, -0.2) is 5.43 Å². The van der Waals surface area contributed by atoms with E-state index < -0.39 is 0 Å². The van der Waals surface area contributed by atoms with Crippen LogP contribution in [0.25, 0.3) is 10.1 Å². The van der Waals surface area contributed by atoms with Gasteiger partial charge in [-0.15, -0.1) is 11.3 Å². The first-order valence-electron chi connectivity index (χ1n) is 7.81. The number of fused-ring (bicyclic) bond motifs is 1. The van der Waals surface area contributed by atoms with E-state index in [2.05, 4.69) is 10.5 Å². The van der Waals surface area contributed by atoms with Gasteiger partial charge in [0.15, 0.2) is 0 Å². The number of nitrogens with zero attached hydrogens (tertiary/aromatic N) is 1. The van der Waals surface area contributed by atoms with Gasteiger partial charge in [0.25, 0.3) is 5.91 Å². The zero-order valence-corrected chi connectivity index (χ0v) is 16.1. The van der Waals surface area contributed by atoms with Crippen LogP contribution in [0.3, 0.4) is 0 Å². The van der Waals surface area contributed by atoms with Crippen molar-refractivity contribution < 1.29 is 4.79 Å². The van der Waals surface area contributed by atoms with Crippen molar-refractivity contribution in [1.82, 2.24) is 5.43 Å². The van der Waals surface area contributed by atoms with E-state index in [1.165, 1.54) is 11.3 Å². The van der Waals surface area contributed by atoms with E-state index in [9.17, 15) is 4.79 Å². The largest absolute Gasteiger partial charge is 0.283 e. The third kappa shape index (κ3) is 3.87. The van der Waals surface area contributed by atoms with Gasteiger partial charge in [0.05, 0.1) is 10.7 Å². The van der Waals surface area contributed by atoms with Crippen LogP contribution in [-0.2, 0) is 0 Å². The summed E-state index contributed by atoms with van der Waals surface area (Å²) in [6.45, 7) is 3.98. The van der Waals surface area contributed by atoms with Gasteiger partial charge in [-0.1, -0.05) is 54.4 Å².